The summed E-state index contributed by atoms with van der Waals surface area (Å²) >= 11 is 0. The monoisotopic (exact) mass is 315 g/mol. The zero-order valence-corrected chi connectivity index (χ0v) is 13.4. The maximum absolute atomic E-state index is 11.8. The summed E-state index contributed by atoms with van der Waals surface area (Å²) in [5, 5.41) is 6.62. The van der Waals surface area contributed by atoms with Gasteiger partial charge in [0, 0.05) is 24.3 Å². The lowest BCUT2D eigenvalue weighted by molar-refractivity contribution is -0.121. The lowest BCUT2D eigenvalue weighted by atomic mass is 9.96. The topological polar surface area (TPSA) is 102 Å². The van der Waals surface area contributed by atoms with Crippen LogP contribution in [0.1, 0.15) is 45.3 Å². The van der Waals surface area contributed by atoms with E-state index in [0.717, 1.165) is 0 Å². The lowest BCUT2D eigenvalue weighted by Crippen LogP contribution is -2.35. The second-order valence-corrected chi connectivity index (χ2v) is 8.66. The van der Waals surface area contributed by atoms with Crippen LogP contribution in [-0.4, -0.2) is 42.0 Å². The zero-order valence-electron chi connectivity index (χ0n) is 12.5. The first-order chi connectivity index (χ1) is 9.66. The van der Waals surface area contributed by atoms with Crippen molar-refractivity contribution in [1.29, 1.82) is 0 Å². The number of nitrogens with one attached hydrogen (secondary N) is 1. The van der Waals surface area contributed by atoms with Gasteiger partial charge in [0.15, 0.2) is 15.7 Å². The van der Waals surface area contributed by atoms with E-state index in [-0.39, 0.29) is 35.3 Å². The van der Waals surface area contributed by atoms with E-state index >= 15 is 0 Å². The van der Waals surface area contributed by atoms with Gasteiger partial charge < -0.3 is 9.84 Å². The molecular weight excluding hydrogens is 294 g/mol. The van der Waals surface area contributed by atoms with E-state index in [1.807, 2.05) is 20.8 Å². The molecule has 0 spiro atoms. The largest absolute Gasteiger partial charge is 0.352 e. The number of rotatable bonds is 4. The molecule has 1 fully saturated rings. The van der Waals surface area contributed by atoms with Crippen molar-refractivity contribution in [2.24, 2.45) is 0 Å². The molecule has 1 aromatic rings. The van der Waals surface area contributed by atoms with Crippen molar-refractivity contribution >= 4 is 15.7 Å². The third-order valence-corrected chi connectivity index (χ3v) is 5.07. The molecule has 0 bridgehead atoms. The average Bonchev–Trinajstić information content (AvgIpc) is 2.93. The van der Waals surface area contributed by atoms with E-state index in [0.29, 0.717) is 24.6 Å². The van der Waals surface area contributed by atoms with Gasteiger partial charge in [-0.2, -0.15) is 4.98 Å². The van der Waals surface area contributed by atoms with Crippen LogP contribution in [0, 0.1) is 0 Å². The molecule has 0 saturated carbocycles. The fourth-order valence-electron chi connectivity index (χ4n) is 2.09. The number of aryl methyl sites for hydroxylation is 1. The predicted octanol–water partition coefficient (Wildman–Crippen LogP) is 0.603. The third-order valence-electron chi connectivity index (χ3n) is 3.30. The third kappa shape index (κ3) is 4.52. The zero-order chi connectivity index (χ0) is 15.7. The Hall–Kier alpha value is -1.44. The first-order valence-corrected chi connectivity index (χ1v) is 8.81. The van der Waals surface area contributed by atoms with Crippen molar-refractivity contribution in [3.8, 4) is 0 Å². The van der Waals surface area contributed by atoms with Crippen molar-refractivity contribution in [3.63, 3.8) is 0 Å². The van der Waals surface area contributed by atoms with Gasteiger partial charge in [0.1, 0.15) is 0 Å². The van der Waals surface area contributed by atoms with Gasteiger partial charge >= 0.3 is 0 Å². The van der Waals surface area contributed by atoms with Crippen LogP contribution in [0.15, 0.2) is 4.52 Å². The van der Waals surface area contributed by atoms with Crippen LogP contribution < -0.4 is 5.32 Å². The maximum atomic E-state index is 11.8. The minimum Gasteiger partial charge on any atom is -0.352 e. The molecule has 118 valence electrons. The fourth-order valence-corrected chi connectivity index (χ4v) is 3.76. The Morgan fingerprint density at radius 2 is 2.14 bits per heavy atom. The number of hydrogen-bond donors (Lipinski definition) is 1. The number of carbonyl (C=O) groups is 1. The molecule has 7 nitrogen and oxygen atoms in total. The normalized spacial score (nSPS) is 21.4. The molecule has 2 heterocycles. The summed E-state index contributed by atoms with van der Waals surface area (Å²) in [6, 6.07) is -0.268. The van der Waals surface area contributed by atoms with E-state index < -0.39 is 9.84 Å². The fraction of sp³-hybridized carbons (Fsp3) is 0.769. The summed E-state index contributed by atoms with van der Waals surface area (Å²) in [6.07, 6.45) is 1.06. The molecule has 21 heavy (non-hydrogen) atoms. The Labute approximate surface area is 124 Å². The summed E-state index contributed by atoms with van der Waals surface area (Å²) in [7, 11) is -2.98. The minimum atomic E-state index is -2.98. The van der Waals surface area contributed by atoms with Gasteiger partial charge in [-0.15, -0.1) is 0 Å². The van der Waals surface area contributed by atoms with Crippen LogP contribution >= 0.6 is 0 Å². The summed E-state index contributed by atoms with van der Waals surface area (Å²) in [4.78, 5) is 16.0. The molecule has 0 aliphatic carbocycles. The summed E-state index contributed by atoms with van der Waals surface area (Å²) in [5.74, 6) is 1.03. The van der Waals surface area contributed by atoms with Crippen LogP contribution in [0.2, 0.25) is 0 Å². The highest BCUT2D eigenvalue weighted by molar-refractivity contribution is 7.91. The van der Waals surface area contributed by atoms with Crippen LogP contribution in [0.25, 0.3) is 0 Å². The highest BCUT2D eigenvalue weighted by Crippen LogP contribution is 2.18. The SMILES string of the molecule is CC(C)(C)c1noc(CCC(=O)N[C@H]2CCS(=O)(=O)C2)n1. The van der Waals surface area contributed by atoms with E-state index in [9.17, 15) is 13.2 Å². The molecule has 1 saturated heterocycles. The Balaban J connectivity index is 1.81. The Kier molecular flexibility index (Phi) is 4.36. The summed E-state index contributed by atoms with van der Waals surface area (Å²) < 4.78 is 27.7. The molecule has 1 amide bonds. The second kappa shape index (κ2) is 5.75. The van der Waals surface area contributed by atoms with Gasteiger partial charge in [0.25, 0.3) is 0 Å². The van der Waals surface area contributed by atoms with E-state index in [1.165, 1.54) is 0 Å². The quantitative estimate of drug-likeness (QED) is 0.873. The first kappa shape index (κ1) is 15.9. The van der Waals surface area contributed by atoms with Crippen LogP contribution in [0.5, 0.6) is 0 Å². The van der Waals surface area contributed by atoms with Crippen molar-refractivity contribution in [2.75, 3.05) is 11.5 Å². The van der Waals surface area contributed by atoms with Gasteiger partial charge in [0.05, 0.1) is 11.5 Å². The van der Waals surface area contributed by atoms with Gasteiger partial charge in [-0.05, 0) is 6.42 Å². The molecule has 1 aromatic heterocycles. The van der Waals surface area contributed by atoms with Crippen LogP contribution in [0.3, 0.4) is 0 Å². The van der Waals surface area contributed by atoms with Crippen LogP contribution in [-0.2, 0) is 26.5 Å². The van der Waals surface area contributed by atoms with E-state index in [1.54, 1.807) is 0 Å². The smallest absolute Gasteiger partial charge is 0.227 e. The summed E-state index contributed by atoms with van der Waals surface area (Å²) in [6.45, 7) is 5.94. The average molecular weight is 315 g/mol. The number of nitrogens with zero attached hydrogens (tertiary/aromatic N) is 2. The van der Waals surface area contributed by atoms with E-state index in [4.69, 9.17) is 4.52 Å². The van der Waals surface area contributed by atoms with Crippen molar-refractivity contribution in [1.82, 2.24) is 15.5 Å². The standard InChI is InChI=1S/C13H21N3O4S/c1-13(2,3)12-15-11(20-16-12)5-4-10(17)14-9-6-7-21(18,19)8-9/h9H,4-8H2,1-3H3,(H,14,17)/t9-/m0/s1. The van der Waals surface area contributed by atoms with E-state index in [2.05, 4.69) is 15.5 Å². The Morgan fingerprint density at radius 3 is 2.67 bits per heavy atom. The van der Waals surface area contributed by atoms with Crippen LogP contribution in [0.4, 0.5) is 0 Å². The highest BCUT2D eigenvalue weighted by Gasteiger charge is 2.29. The molecule has 2 rings (SSSR count). The minimum absolute atomic E-state index is 0.0352. The van der Waals surface area contributed by atoms with Crippen molar-refractivity contribution in [3.05, 3.63) is 11.7 Å². The molecule has 1 atom stereocenters. The summed E-state index contributed by atoms with van der Waals surface area (Å²) in [5.41, 5.74) is -0.192. The van der Waals surface area contributed by atoms with Gasteiger partial charge in [-0.25, -0.2) is 8.42 Å². The Morgan fingerprint density at radius 1 is 1.43 bits per heavy atom. The van der Waals surface area contributed by atoms with Gasteiger partial charge in [-0.3, -0.25) is 4.79 Å². The number of carbonyl (C=O) groups excluding carboxylic acids is 1. The number of amides is 1. The molecule has 1 N–H and O–H groups in total. The maximum Gasteiger partial charge on any atom is 0.227 e. The molecule has 0 unspecified atom stereocenters. The lowest BCUT2D eigenvalue weighted by Gasteiger charge is -2.11. The number of aromatic nitrogens is 2. The van der Waals surface area contributed by atoms with Gasteiger partial charge in [-0.1, -0.05) is 25.9 Å². The van der Waals surface area contributed by atoms with Crippen molar-refractivity contribution < 1.29 is 17.7 Å². The molecule has 0 aromatic carbocycles. The second-order valence-electron chi connectivity index (χ2n) is 6.43. The molecule has 8 heteroatoms. The first-order valence-electron chi connectivity index (χ1n) is 6.98. The Bertz CT molecular complexity index is 616. The predicted molar refractivity (Wildman–Crippen MR) is 76.5 cm³/mol. The molecule has 0 radical (unpaired) electrons. The highest BCUT2D eigenvalue weighted by atomic mass is 32.2. The van der Waals surface area contributed by atoms with Gasteiger partial charge in [0.2, 0.25) is 11.8 Å². The van der Waals surface area contributed by atoms with Crippen molar-refractivity contribution in [2.45, 2.75) is 51.5 Å². The number of sulfone groups is 1. The molecule has 1 aliphatic heterocycles. The molecular formula is C13H21N3O4S. The molecule has 1 aliphatic rings. The number of hydrogen-bond acceptors (Lipinski definition) is 6.